The van der Waals surface area contributed by atoms with Gasteiger partial charge in [0, 0.05) is 10.5 Å². The second kappa shape index (κ2) is 9.72. The van der Waals surface area contributed by atoms with Crippen molar-refractivity contribution in [1.82, 2.24) is 5.43 Å². The van der Waals surface area contributed by atoms with Crippen LogP contribution in [0.25, 0.3) is 0 Å². The van der Waals surface area contributed by atoms with Crippen LogP contribution in [0.4, 0.5) is 0 Å². The van der Waals surface area contributed by atoms with E-state index < -0.39 is 0 Å². The Morgan fingerprint density at radius 1 is 1.08 bits per heavy atom. The minimum Gasteiger partial charge on any atom is -0.493 e. The largest absolute Gasteiger partial charge is 0.493 e. The van der Waals surface area contributed by atoms with Gasteiger partial charge in [0.05, 0.1) is 32.8 Å². The molecule has 138 valence electrons. The van der Waals surface area contributed by atoms with Crippen molar-refractivity contribution >= 4 is 23.9 Å². The van der Waals surface area contributed by atoms with E-state index in [0.29, 0.717) is 22.8 Å². The average Bonchev–Trinajstić information content (AvgIpc) is 2.67. The number of hydrogen-bond acceptors (Lipinski definition) is 6. The van der Waals surface area contributed by atoms with Crippen LogP contribution in [0.2, 0.25) is 0 Å². The van der Waals surface area contributed by atoms with E-state index in [2.05, 4.69) is 10.5 Å². The number of hydrogen-bond donors (Lipinski definition) is 1. The monoisotopic (exact) mass is 374 g/mol. The lowest BCUT2D eigenvalue weighted by Crippen LogP contribution is -2.26. The molecule has 0 aromatic heterocycles. The number of methoxy groups -OCH3 is 3. The SMILES string of the molecule is COc1cc(/C=N/NC(=O)C(C)Sc2ccccc2)cc(OC)c1OC. The number of nitrogens with zero attached hydrogens (tertiary/aromatic N) is 1. The van der Waals surface area contributed by atoms with Crippen LogP contribution in [0.1, 0.15) is 12.5 Å². The van der Waals surface area contributed by atoms with Crippen LogP contribution in [0.15, 0.2) is 52.5 Å². The lowest BCUT2D eigenvalue weighted by molar-refractivity contribution is -0.120. The zero-order chi connectivity index (χ0) is 18.9. The minimum absolute atomic E-state index is 0.178. The standard InChI is InChI=1S/C19H22N2O4S/c1-13(26-15-8-6-5-7-9-15)19(22)21-20-12-14-10-16(23-2)18(25-4)17(11-14)24-3/h5-13H,1-4H3,(H,21,22)/b20-12+. The van der Waals surface area contributed by atoms with Crippen LogP contribution in [0.3, 0.4) is 0 Å². The molecule has 0 radical (unpaired) electrons. The summed E-state index contributed by atoms with van der Waals surface area (Å²) in [5.74, 6) is 1.37. The molecule has 0 aliphatic carbocycles. The smallest absolute Gasteiger partial charge is 0.253 e. The Morgan fingerprint density at radius 2 is 1.69 bits per heavy atom. The third-order valence-corrected chi connectivity index (χ3v) is 4.61. The van der Waals surface area contributed by atoms with Crippen LogP contribution in [0, 0.1) is 0 Å². The number of carbonyl (C=O) groups excluding carboxylic acids is 1. The normalized spacial score (nSPS) is 11.8. The van der Waals surface area contributed by atoms with E-state index >= 15 is 0 Å². The molecule has 0 heterocycles. The fourth-order valence-electron chi connectivity index (χ4n) is 2.19. The van der Waals surface area contributed by atoms with E-state index in [1.165, 1.54) is 18.0 Å². The van der Waals surface area contributed by atoms with Crippen molar-refractivity contribution < 1.29 is 19.0 Å². The summed E-state index contributed by atoms with van der Waals surface area (Å²) in [4.78, 5) is 13.2. The van der Waals surface area contributed by atoms with Crippen molar-refractivity contribution in [2.45, 2.75) is 17.1 Å². The first-order valence-electron chi connectivity index (χ1n) is 7.93. The summed E-state index contributed by atoms with van der Waals surface area (Å²) in [6.45, 7) is 1.84. The molecule has 1 atom stereocenters. The summed E-state index contributed by atoms with van der Waals surface area (Å²) in [5, 5.41) is 3.75. The molecule has 26 heavy (non-hydrogen) atoms. The van der Waals surface area contributed by atoms with Crippen molar-refractivity contribution in [3.8, 4) is 17.2 Å². The quantitative estimate of drug-likeness (QED) is 0.436. The highest BCUT2D eigenvalue weighted by Gasteiger charge is 2.14. The Balaban J connectivity index is 2.02. The molecule has 0 saturated carbocycles. The first-order valence-corrected chi connectivity index (χ1v) is 8.81. The van der Waals surface area contributed by atoms with Crippen molar-refractivity contribution in [1.29, 1.82) is 0 Å². The Hall–Kier alpha value is -2.67. The van der Waals surface area contributed by atoms with Gasteiger partial charge >= 0.3 is 0 Å². The highest BCUT2D eigenvalue weighted by Crippen LogP contribution is 2.37. The maximum atomic E-state index is 12.2. The van der Waals surface area contributed by atoms with Crippen molar-refractivity contribution in [3.05, 3.63) is 48.0 Å². The fraction of sp³-hybridized carbons (Fsp3) is 0.263. The molecule has 6 nitrogen and oxygen atoms in total. The molecule has 0 fully saturated rings. The second-order valence-corrected chi connectivity index (χ2v) is 6.68. The number of benzene rings is 2. The summed E-state index contributed by atoms with van der Waals surface area (Å²) in [7, 11) is 4.63. The molecule has 2 aromatic rings. The van der Waals surface area contributed by atoms with E-state index in [1.807, 2.05) is 37.3 Å². The molecular formula is C19H22N2O4S. The Bertz CT molecular complexity index is 740. The number of carbonyl (C=O) groups is 1. The van der Waals surface area contributed by atoms with Crippen molar-refractivity contribution in [2.24, 2.45) is 5.10 Å². The van der Waals surface area contributed by atoms with E-state index in [0.717, 1.165) is 4.90 Å². The highest BCUT2D eigenvalue weighted by atomic mass is 32.2. The summed E-state index contributed by atoms with van der Waals surface area (Å²) in [6, 6.07) is 13.3. The van der Waals surface area contributed by atoms with Crippen LogP contribution < -0.4 is 19.6 Å². The molecule has 1 N–H and O–H groups in total. The molecular weight excluding hydrogens is 352 g/mol. The predicted octanol–water partition coefficient (Wildman–Crippen LogP) is 3.34. The number of hydrazone groups is 1. The first kappa shape index (κ1) is 19.7. The van der Waals surface area contributed by atoms with Crippen molar-refractivity contribution in [2.75, 3.05) is 21.3 Å². The molecule has 0 aliphatic heterocycles. The topological polar surface area (TPSA) is 69.2 Å². The van der Waals surface area contributed by atoms with E-state index in [4.69, 9.17) is 14.2 Å². The van der Waals surface area contributed by atoms with E-state index in [9.17, 15) is 4.79 Å². The second-order valence-electron chi connectivity index (χ2n) is 5.27. The van der Waals surface area contributed by atoms with Gasteiger partial charge in [-0.25, -0.2) is 5.43 Å². The van der Waals surface area contributed by atoms with Crippen molar-refractivity contribution in [3.63, 3.8) is 0 Å². The Labute approximate surface area is 157 Å². The highest BCUT2D eigenvalue weighted by molar-refractivity contribution is 8.00. The third kappa shape index (κ3) is 5.16. The van der Waals surface area contributed by atoms with Gasteiger partial charge in [0.1, 0.15) is 0 Å². The van der Waals surface area contributed by atoms with Gasteiger partial charge in [-0.05, 0) is 31.2 Å². The molecule has 0 bridgehead atoms. The lowest BCUT2D eigenvalue weighted by atomic mass is 10.2. The summed E-state index contributed by atoms with van der Waals surface area (Å²) < 4.78 is 15.9. The third-order valence-electron chi connectivity index (χ3n) is 3.50. The van der Waals surface area contributed by atoms with Gasteiger partial charge in [0.15, 0.2) is 11.5 Å². The number of amides is 1. The molecule has 0 spiro atoms. The summed E-state index contributed by atoms with van der Waals surface area (Å²) >= 11 is 1.47. The number of nitrogens with one attached hydrogen (secondary N) is 1. The van der Waals surface area contributed by atoms with Gasteiger partial charge in [-0.15, -0.1) is 11.8 Å². The predicted molar refractivity (Wildman–Crippen MR) is 104 cm³/mol. The zero-order valence-electron chi connectivity index (χ0n) is 15.2. The molecule has 7 heteroatoms. The number of thioether (sulfide) groups is 1. The van der Waals surface area contributed by atoms with Gasteiger partial charge in [-0.3, -0.25) is 4.79 Å². The maximum Gasteiger partial charge on any atom is 0.253 e. The minimum atomic E-state index is -0.269. The Morgan fingerprint density at radius 3 is 2.23 bits per heavy atom. The van der Waals surface area contributed by atoms with Gasteiger partial charge in [-0.2, -0.15) is 5.10 Å². The van der Waals surface area contributed by atoms with Crippen LogP contribution in [0.5, 0.6) is 17.2 Å². The molecule has 2 aromatic carbocycles. The molecule has 1 amide bonds. The van der Waals surface area contributed by atoms with Gasteiger partial charge < -0.3 is 14.2 Å². The van der Waals surface area contributed by atoms with E-state index in [-0.39, 0.29) is 11.2 Å². The molecule has 2 rings (SSSR count). The molecule has 1 unspecified atom stereocenters. The summed E-state index contributed by atoms with van der Waals surface area (Å²) in [6.07, 6.45) is 1.53. The summed E-state index contributed by atoms with van der Waals surface area (Å²) in [5.41, 5.74) is 3.26. The van der Waals surface area contributed by atoms with E-state index in [1.54, 1.807) is 33.5 Å². The van der Waals surface area contributed by atoms with Crippen LogP contribution >= 0.6 is 11.8 Å². The zero-order valence-corrected chi connectivity index (χ0v) is 16.0. The first-order chi connectivity index (χ1) is 12.6. The van der Waals surface area contributed by atoms with Crippen LogP contribution in [-0.4, -0.2) is 38.7 Å². The fourth-order valence-corrected chi connectivity index (χ4v) is 3.08. The average molecular weight is 374 g/mol. The van der Waals surface area contributed by atoms with Gasteiger partial charge in [-0.1, -0.05) is 18.2 Å². The van der Waals surface area contributed by atoms with Gasteiger partial charge in [0.25, 0.3) is 5.91 Å². The Kier molecular flexibility index (Phi) is 7.35. The van der Waals surface area contributed by atoms with Gasteiger partial charge in [0.2, 0.25) is 5.75 Å². The number of ether oxygens (including phenoxy) is 3. The number of rotatable bonds is 8. The van der Waals surface area contributed by atoms with Crippen LogP contribution in [-0.2, 0) is 4.79 Å². The molecule has 0 aliphatic rings. The maximum absolute atomic E-state index is 12.2. The molecule has 0 saturated heterocycles. The lowest BCUT2D eigenvalue weighted by Gasteiger charge is -2.12.